The Morgan fingerprint density at radius 1 is 1.37 bits per heavy atom. The number of carbonyl (C=O) groups excluding carboxylic acids is 1. The summed E-state index contributed by atoms with van der Waals surface area (Å²) in [6.07, 6.45) is 3.35. The Balaban J connectivity index is 1.93. The number of benzene rings is 1. The number of para-hydroxylation sites is 1. The molecule has 1 amide bonds. The van der Waals surface area contributed by atoms with Crippen LogP contribution in [-0.4, -0.2) is 43.0 Å². The van der Waals surface area contributed by atoms with E-state index >= 15 is 0 Å². The number of H-pyrrole nitrogens is 1. The summed E-state index contributed by atoms with van der Waals surface area (Å²) in [5.74, 6) is 0.195. The summed E-state index contributed by atoms with van der Waals surface area (Å²) in [6, 6.07) is 8.19. The number of hydrogen-bond acceptors (Lipinski definition) is 2. The second-order valence-corrected chi connectivity index (χ2v) is 4.78. The topological polar surface area (TPSA) is 48.1 Å². The van der Waals surface area contributed by atoms with Crippen molar-refractivity contribution in [2.75, 3.05) is 27.2 Å². The van der Waals surface area contributed by atoms with Gasteiger partial charge in [0.1, 0.15) is 0 Å². The molecule has 4 nitrogen and oxygen atoms in total. The lowest BCUT2D eigenvalue weighted by atomic mass is 10.1. The lowest BCUT2D eigenvalue weighted by molar-refractivity contribution is -0.129. The third-order valence-electron chi connectivity index (χ3n) is 3.41. The molecule has 0 atom stereocenters. The molecular formula is C15H21N3O. The molecule has 1 heterocycles. The molecule has 1 aromatic heterocycles. The first-order chi connectivity index (χ1) is 9.22. The Labute approximate surface area is 113 Å². The Kier molecular flexibility index (Phi) is 4.58. The highest BCUT2D eigenvalue weighted by Crippen LogP contribution is 2.19. The number of nitrogens with zero attached hydrogens (tertiary/aromatic N) is 1. The molecule has 0 bridgehead atoms. The van der Waals surface area contributed by atoms with E-state index in [4.69, 9.17) is 0 Å². The van der Waals surface area contributed by atoms with Crippen molar-refractivity contribution in [2.24, 2.45) is 0 Å². The zero-order valence-corrected chi connectivity index (χ0v) is 11.6. The number of carbonyl (C=O) groups is 1. The smallest absolute Gasteiger partial charge is 0.222 e. The van der Waals surface area contributed by atoms with Crippen molar-refractivity contribution >= 4 is 16.8 Å². The van der Waals surface area contributed by atoms with Crippen LogP contribution in [0.1, 0.15) is 12.0 Å². The molecule has 0 saturated heterocycles. The lowest BCUT2D eigenvalue weighted by Crippen LogP contribution is -2.32. The van der Waals surface area contributed by atoms with Crippen molar-refractivity contribution in [3.8, 4) is 0 Å². The molecule has 2 aromatic rings. The van der Waals surface area contributed by atoms with Crippen LogP contribution in [0, 0.1) is 0 Å². The summed E-state index contributed by atoms with van der Waals surface area (Å²) in [4.78, 5) is 17.0. The van der Waals surface area contributed by atoms with E-state index in [1.54, 1.807) is 4.90 Å². The van der Waals surface area contributed by atoms with Gasteiger partial charge in [0.25, 0.3) is 0 Å². The summed E-state index contributed by atoms with van der Waals surface area (Å²) in [5, 5.41) is 4.26. The van der Waals surface area contributed by atoms with Crippen molar-refractivity contribution in [2.45, 2.75) is 12.8 Å². The van der Waals surface area contributed by atoms with Gasteiger partial charge in [-0.05, 0) is 25.1 Å². The Bertz CT molecular complexity index is 547. The van der Waals surface area contributed by atoms with Crippen LogP contribution in [0.15, 0.2) is 30.5 Å². The van der Waals surface area contributed by atoms with E-state index in [2.05, 4.69) is 22.4 Å². The van der Waals surface area contributed by atoms with Crippen molar-refractivity contribution in [3.05, 3.63) is 36.0 Å². The maximum absolute atomic E-state index is 12.0. The standard InChI is InChI=1S/C15H21N3O/c1-16-9-10-18(2)15(19)8-7-12-11-17-14-6-4-3-5-13(12)14/h3-6,11,16-17H,7-10H2,1-2H3. The fourth-order valence-electron chi connectivity index (χ4n) is 2.18. The van der Waals surface area contributed by atoms with Gasteiger partial charge in [-0.1, -0.05) is 18.2 Å². The second-order valence-electron chi connectivity index (χ2n) is 4.78. The molecule has 2 N–H and O–H groups in total. The van der Waals surface area contributed by atoms with Crippen LogP contribution in [0.3, 0.4) is 0 Å². The molecule has 0 aliphatic carbocycles. The number of nitrogens with one attached hydrogen (secondary N) is 2. The van der Waals surface area contributed by atoms with Gasteiger partial charge >= 0.3 is 0 Å². The number of amides is 1. The molecule has 0 fully saturated rings. The van der Waals surface area contributed by atoms with E-state index in [1.807, 2.05) is 32.4 Å². The minimum absolute atomic E-state index is 0.195. The maximum atomic E-state index is 12.0. The van der Waals surface area contributed by atoms with Crippen LogP contribution in [0.2, 0.25) is 0 Å². The van der Waals surface area contributed by atoms with Crippen molar-refractivity contribution in [3.63, 3.8) is 0 Å². The van der Waals surface area contributed by atoms with Gasteiger partial charge in [-0.15, -0.1) is 0 Å². The first-order valence-corrected chi connectivity index (χ1v) is 6.66. The van der Waals surface area contributed by atoms with Gasteiger partial charge < -0.3 is 15.2 Å². The average Bonchev–Trinajstić information content (AvgIpc) is 2.85. The first-order valence-electron chi connectivity index (χ1n) is 6.66. The molecule has 0 radical (unpaired) electrons. The summed E-state index contributed by atoms with van der Waals surface area (Å²) >= 11 is 0. The lowest BCUT2D eigenvalue weighted by Gasteiger charge is -2.16. The van der Waals surface area contributed by atoms with Gasteiger partial charge in [0.05, 0.1) is 0 Å². The highest BCUT2D eigenvalue weighted by molar-refractivity contribution is 5.84. The van der Waals surface area contributed by atoms with Crippen molar-refractivity contribution in [1.82, 2.24) is 15.2 Å². The van der Waals surface area contributed by atoms with E-state index < -0.39 is 0 Å². The van der Waals surface area contributed by atoms with Gasteiger partial charge in [-0.3, -0.25) is 4.79 Å². The third-order valence-corrected chi connectivity index (χ3v) is 3.41. The van der Waals surface area contributed by atoms with Crippen LogP contribution < -0.4 is 5.32 Å². The Morgan fingerprint density at radius 2 is 2.16 bits per heavy atom. The minimum Gasteiger partial charge on any atom is -0.361 e. The van der Waals surface area contributed by atoms with Crippen molar-refractivity contribution < 1.29 is 4.79 Å². The number of likely N-dealkylation sites (N-methyl/N-ethyl adjacent to an activating group) is 2. The molecule has 2 rings (SSSR count). The molecule has 0 aliphatic heterocycles. The van der Waals surface area contributed by atoms with Crippen molar-refractivity contribution in [1.29, 1.82) is 0 Å². The number of aromatic nitrogens is 1. The van der Waals surface area contributed by atoms with Crippen LogP contribution in [-0.2, 0) is 11.2 Å². The normalized spacial score (nSPS) is 10.8. The minimum atomic E-state index is 0.195. The summed E-state index contributed by atoms with van der Waals surface area (Å²) in [6.45, 7) is 1.58. The van der Waals surface area contributed by atoms with Crippen LogP contribution in [0.4, 0.5) is 0 Å². The predicted molar refractivity (Wildman–Crippen MR) is 78.2 cm³/mol. The van der Waals surface area contributed by atoms with Gasteiger partial charge in [0.2, 0.25) is 5.91 Å². The largest absolute Gasteiger partial charge is 0.361 e. The van der Waals surface area contributed by atoms with Crippen LogP contribution >= 0.6 is 0 Å². The average molecular weight is 259 g/mol. The first kappa shape index (κ1) is 13.6. The molecule has 19 heavy (non-hydrogen) atoms. The number of rotatable bonds is 6. The number of hydrogen-bond donors (Lipinski definition) is 2. The molecule has 102 valence electrons. The number of fused-ring (bicyclic) bond motifs is 1. The van der Waals surface area contributed by atoms with Gasteiger partial charge in [0.15, 0.2) is 0 Å². The highest BCUT2D eigenvalue weighted by atomic mass is 16.2. The third kappa shape index (κ3) is 3.35. The maximum Gasteiger partial charge on any atom is 0.222 e. The molecule has 0 unspecified atom stereocenters. The van der Waals surface area contributed by atoms with Gasteiger partial charge in [-0.25, -0.2) is 0 Å². The van der Waals surface area contributed by atoms with E-state index in [-0.39, 0.29) is 5.91 Å². The van der Waals surface area contributed by atoms with E-state index in [9.17, 15) is 4.79 Å². The monoisotopic (exact) mass is 259 g/mol. The zero-order valence-electron chi connectivity index (χ0n) is 11.6. The van der Waals surface area contributed by atoms with E-state index in [0.717, 1.165) is 25.0 Å². The molecule has 0 saturated carbocycles. The fraction of sp³-hybridized carbons (Fsp3) is 0.400. The quantitative estimate of drug-likeness (QED) is 0.830. The van der Waals surface area contributed by atoms with E-state index in [0.29, 0.717) is 6.42 Å². The molecular weight excluding hydrogens is 238 g/mol. The molecule has 4 heteroatoms. The molecule has 0 spiro atoms. The summed E-state index contributed by atoms with van der Waals surface area (Å²) in [5.41, 5.74) is 2.35. The zero-order chi connectivity index (χ0) is 13.7. The van der Waals surface area contributed by atoms with Crippen LogP contribution in [0.5, 0.6) is 0 Å². The highest BCUT2D eigenvalue weighted by Gasteiger charge is 2.10. The summed E-state index contributed by atoms with van der Waals surface area (Å²) in [7, 11) is 3.75. The number of aromatic amines is 1. The Morgan fingerprint density at radius 3 is 2.95 bits per heavy atom. The van der Waals surface area contributed by atoms with Gasteiger partial charge in [-0.2, -0.15) is 0 Å². The fourth-order valence-corrected chi connectivity index (χ4v) is 2.18. The second kappa shape index (κ2) is 6.38. The molecule has 0 aliphatic rings. The number of aryl methyl sites for hydroxylation is 1. The molecule has 1 aromatic carbocycles. The predicted octanol–water partition coefficient (Wildman–Crippen LogP) is 1.78. The van der Waals surface area contributed by atoms with E-state index in [1.165, 1.54) is 10.9 Å². The van der Waals surface area contributed by atoms with Crippen LogP contribution in [0.25, 0.3) is 10.9 Å². The van der Waals surface area contributed by atoms with Gasteiger partial charge in [0, 0.05) is 43.7 Å². The Hall–Kier alpha value is -1.81. The summed E-state index contributed by atoms with van der Waals surface area (Å²) < 4.78 is 0. The SMILES string of the molecule is CNCCN(C)C(=O)CCc1c[nH]c2ccccc12.